The second-order valence-corrected chi connectivity index (χ2v) is 6.69. The number of methoxy groups -OCH3 is 1. The van der Waals surface area contributed by atoms with Crippen molar-refractivity contribution in [2.24, 2.45) is 0 Å². The summed E-state index contributed by atoms with van der Waals surface area (Å²) in [5.74, 6) is -0.444. The van der Waals surface area contributed by atoms with Crippen molar-refractivity contribution in [3.05, 3.63) is 66.5 Å². The Labute approximate surface area is 189 Å². The lowest BCUT2D eigenvalue weighted by Crippen LogP contribution is -2.26. The summed E-state index contributed by atoms with van der Waals surface area (Å²) in [6.07, 6.45) is 2.68. The van der Waals surface area contributed by atoms with E-state index < -0.39 is 11.7 Å². The molecule has 170 valence electrons. The number of carbonyl (C=O) groups excluding carboxylic acids is 1. The zero-order chi connectivity index (χ0) is 23.5. The molecular formula is C20H15FN10O3. The van der Waals surface area contributed by atoms with Gasteiger partial charge in [-0.25, -0.2) is 24.9 Å². The summed E-state index contributed by atoms with van der Waals surface area (Å²) >= 11 is 0. The molecule has 14 heteroatoms. The molecule has 0 fully saturated rings. The van der Waals surface area contributed by atoms with Crippen LogP contribution in [0.15, 0.2) is 55.0 Å². The van der Waals surface area contributed by atoms with E-state index in [4.69, 9.17) is 9.47 Å². The molecule has 1 amide bonds. The Kier molecular flexibility index (Phi) is 5.35. The lowest BCUT2D eigenvalue weighted by molar-refractivity contribution is 0.0997. The summed E-state index contributed by atoms with van der Waals surface area (Å²) < 4.78 is 24.6. The van der Waals surface area contributed by atoms with E-state index in [0.29, 0.717) is 22.8 Å². The lowest BCUT2D eigenvalue weighted by atomic mass is 10.2. The van der Waals surface area contributed by atoms with E-state index in [2.05, 4.69) is 46.2 Å². The van der Waals surface area contributed by atoms with Gasteiger partial charge in [-0.2, -0.15) is 10.1 Å². The number of halogens is 1. The number of H-pyrrole nitrogens is 1. The van der Waals surface area contributed by atoms with Crippen LogP contribution < -0.4 is 20.2 Å². The van der Waals surface area contributed by atoms with E-state index in [1.54, 1.807) is 24.3 Å². The Balaban J connectivity index is 1.50. The minimum absolute atomic E-state index is 0.119. The Morgan fingerprint density at radius 2 is 1.94 bits per heavy atom. The largest absolute Gasteiger partial charge is 0.493 e. The van der Waals surface area contributed by atoms with Gasteiger partial charge in [-0.1, -0.05) is 12.1 Å². The highest BCUT2D eigenvalue weighted by Crippen LogP contribution is 2.33. The molecule has 34 heavy (non-hydrogen) atoms. The number of nitrogens with one attached hydrogen (secondary N) is 3. The lowest BCUT2D eigenvalue weighted by Gasteiger charge is -2.13. The molecule has 5 rings (SSSR count). The Morgan fingerprint density at radius 3 is 2.71 bits per heavy atom. The molecule has 0 aliphatic heterocycles. The Hall–Kier alpha value is -5.14. The summed E-state index contributed by atoms with van der Waals surface area (Å²) in [5.41, 5.74) is 3.36. The molecule has 3 heterocycles. The van der Waals surface area contributed by atoms with Gasteiger partial charge in [0.05, 0.1) is 24.3 Å². The summed E-state index contributed by atoms with van der Waals surface area (Å²) in [4.78, 5) is 27.1. The average molecular weight is 462 g/mol. The Morgan fingerprint density at radius 1 is 1.12 bits per heavy atom. The first kappa shape index (κ1) is 20.7. The van der Waals surface area contributed by atoms with Crippen LogP contribution in [0.2, 0.25) is 0 Å². The standard InChI is InChI=1S/C20H15FN10O3/c1-33-15-8-11(21)6-7-14(15)34-19-17(25-12-4-2-3-5-13(12)26-19)18(32)29-31-16(9-23-30-31)27-20-22-10-24-28-20/h2-10H,1H3,(H,29,32)(H2,22,24,27,28). The van der Waals surface area contributed by atoms with Gasteiger partial charge in [-0.05, 0) is 29.5 Å². The smallest absolute Gasteiger partial charge is 0.295 e. The van der Waals surface area contributed by atoms with Gasteiger partial charge in [0.25, 0.3) is 11.8 Å². The van der Waals surface area contributed by atoms with Crippen molar-refractivity contribution in [2.75, 3.05) is 17.9 Å². The van der Waals surface area contributed by atoms with Crippen molar-refractivity contribution >= 4 is 28.7 Å². The van der Waals surface area contributed by atoms with Gasteiger partial charge in [0.15, 0.2) is 23.0 Å². The average Bonchev–Trinajstić information content (AvgIpc) is 3.52. The van der Waals surface area contributed by atoms with Crippen LogP contribution in [0, 0.1) is 5.82 Å². The number of amides is 1. The van der Waals surface area contributed by atoms with E-state index in [0.717, 1.165) is 10.9 Å². The predicted octanol–water partition coefficient (Wildman–Crippen LogP) is 2.41. The third-order valence-electron chi connectivity index (χ3n) is 4.50. The number of rotatable bonds is 7. The molecule has 0 saturated carbocycles. The highest BCUT2D eigenvalue weighted by molar-refractivity contribution is 6.01. The number of carbonyl (C=O) groups is 1. The molecule has 0 aliphatic rings. The van der Waals surface area contributed by atoms with Crippen molar-refractivity contribution in [2.45, 2.75) is 0 Å². The summed E-state index contributed by atoms with van der Waals surface area (Å²) in [7, 11) is 1.37. The third kappa shape index (κ3) is 4.14. The number of anilines is 2. The van der Waals surface area contributed by atoms with Crippen molar-refractivity contribution in [1.82, 2.24) is 40.3 Å². The summed E-state index contributed by atoms with van der Waals surface area (Å²) in [5, 5.41) is 16.8. The zero-order valence-corrected chi connectivity index (χ0v) is 17.4. The molecule has 0 spiro atoms. The van der Waals surface area contributed by atoms with Gasteiger partial charge >= 0.3 is 0 Å². The van der Waals surface area contributed by atoms with Crippen molar-refractivity contribution in [3.8, 4) is 17.4 Å². The predicted molar refractivity (Wildman–Crippen MR) is 116 cm³/mol. The minimum atomic E-state index is -0.694. The summed E-state index contributed by atoms with van der Waals surface area (Å²) in [6, 6.07) is 10.7. The second kappa shape index (κ2) is 8.78. The van der Waals surface area contributed by atoms with Crippen LogP contribution in [0.4, 0.5) is 16.2 Å². The van der Waals surface area contributed by atoms with Crippen LogP contribution in [0.1, 0.15) is 10.5 Å². The van der Waals surface area contributed by atoms with Crippen LogP contribution in [0.5, 0.6) is 17.4 Å². The number of fused-ring (bicyclic) bond motifs is 1. The zero-order valence-electron chi connectivity index (χ0n) is 17.4. The molecule has 0 aliphatic carbocycles. The van der Waals surface area contributed by atoms with Crippen LogP contribution in [-0.4, -0.2) is 53.3 Å². The molecule has 0 radical (unpaired) electrons. The van der Waals surface area contributed by atoms with Crippen molar-refractivity contribution < 1.29 is 18.7 Å². The minimum Gasteiger partial charge on any atom is -0.493 e. The van der Waals surface area contributed by atoms with Gasteiger partial charge in [0.1, 0.15) is 12.1 Å². The fourth-order valence-corrected chi connectivity index (χ4v) is 2.97. The van der Waals surface area contributed by atoms with E-state index in [1.807, 2.05) is 0 Å². The molecule has 2 aromatic carbocycles. The Bertz CT molecular complexity index is 1470. The normalized spacial score (nSPS) is 10.8. The molecule has 13 nitrogen and oxygen atoms in total. The van der Waals surface area contributed by atoms with Gasteiger partial charge in [0, 0.05) is 6.07 Å². The van der Waals surface area contributed by atoms with Crippen LogP contribution >= 0.6 is 0 Å². The molecule has 0 atom stereocenters. The fraction of sp³-hybridized carbons (Fsp3) is 0.0500. The number of aromatic nitrogens is 8. The van der Waals surface area contributed by atoms with E-state index >= 15 is 0 Å². The third-order valence-corrected chi connectivity index (χ3v) is 4.50. The van der Waals surface area contributed by atoms with Crippen LogP contribution in [0.25, 0.3) is 11.0 Å². The molecule has 0 unspecified atom stereocenters. The summed E-state index contributed by atoms with van der Waals surface area (Å²) in [6.45, 7) is 0. The van der Waals surface area contributed by atoms with E-state index in [-0.39, 0.29) is 23.1 Å². The molecular weight excluding hydrogens is 447 g/mol. The maximum Gasteiger partial charge on any atom is 0.295 e. The molecule has 0 saturated heterocycles. The van der Waals surface area contributed by atoms with Crippen LogP contribution in [0.3, 0.4) is 0 Å². The topological polar surface area (TPSA) is 158 Å². The number of hydrogen-bond acceptors (Lipinski definition) is 10. The number of hydrogen-bond donors (Lipinski definition) is 3. The number of aromatic amines is 1. The number of para-hydroxylation sites is 2. The molecule has 5 aromatic rings. The fourth-order valence-electron chi connectivity index (χ4n) is 2.97. The molecule has 3 aromatic heterocycles. The van der Waals surface area contributed by atoms with E-state index in [1.165, 1.54) is 31.8 Å². The second-order valence-electron chi connectivity index (χ2n) is 6.69. The SMILES string of the molecule is COc1cc(F)ccc1Oc1nc2ccccc2nc1C(=O)Nn1nncc1Nc1ncn[nH]1. The van der Waals surface area contributed by atoms with Gasteiger partial charge < -0.3 is 14.8 Å². The monoisotopic (exact) mass is 462 g/mol. The van der Waals surface area contributed by atoms with Crippen molar-refractivity contribution in [1.29, 1.82) is 0 Å². The molecule has 3 N–H and O–H groups in total. The number of ether oxygens (including phenoxy) is 2. The van der Waals surface area contributed by atoms with Crippen LogP contribution in [-0.2, 0) is 0 Å². The first-order valence-electron chi connectivity index (χ1n) is 9.73. The highest BCUT2D eigenvalue weighted by Gasteiger charge is 2.22. The van der Waals surface area contributed by atoms with E-state index in [9.17, 15) is 9.18 Å². The van der Waals surface area contributed by atoms with Gasteiger partial charge in [0.2, 0.25) is 5.95 Å². The number of nitrogens with zero attached hydrogens (tertiary/aromatic N) is 7. The quantitative estimate of drug-likeness (QED) is 0.328. The first-order valence-corrected chi connectivity index (χ1v) is 9.73. The highest BCUT2D eigenvalue weighted by atomic mass is 19.1. The van der Waals surface area contributed by atoms with Gasteiger partial charge in [-0.3, -0.25) is 4.79 Å². The maximum atomic E-state index is 13.6. The number of benzene rings is 2. The first-order chi connectivity index (χ1) is 16.6. The maximum absolute atomic E-state index is 13.6. The molecule has 0 bridgehead atoms. The van der Waals surface area contributed by atoms with Gasteiger partial charge in [-0.15, -0.1) is 9.89 Å². The van der Waals surface area contributed by atoms with Crippen molar-refractivity contribution in [3.63, 3.8) is 0 Å².